The highest BCUT2D eigenvalue weighted by atomic mass is 16.6. The minimum Gasteiger partial charge on any atom is -0.493 e. The summed E-state index contributed by atoms with van der Waals surface area (Å²) in [4.78, 5) is 23.5. The summed E-state index contributed by atoms with van der Waals surface area (Å²) in [5, 5.41) is 2.88. The third-order valence-electron chi connectivity index (χ3n) is 3.20. The molecular formula is C13H19NO5. The normalized spacial score (nSPS) is 20.8. The van der Waals surface area contributed by atoms with E-state index in [1.54, 1.807) is 6.92 Å². The fraction of sp³-hybridized carbons (Fsp3) is 0.692. The zero-order valence-electron chi connectivity index (χ0n) is 11.0. The summed E-state index contributed by atoms with van der Waals surface area (Å²) in [7, 11) is 0. The van der Waals surface area contributed by atoms with Crippen LogP contribution in [0.15, 0.2) is 12.0 Å². The van der Waals surface area contributed by atoms with Crippen LogP contribution in [0.4, 0.5) is 0 Å². The van der Waals surface area contributed by atoms with Gasteiger partial charge in [-0.25, -0.2) is 4.79 Å². The van der Waals surface area contributed by atoms with E-state index in [2.05, 4.69) is 5.32 Å². The molecule has 6 nitrogen and oxygen atoms in total. The predicted molar refractivity (Wildman–Crippen MR) is 65.9 cm³/mol. The van der Waals surface area contributed by atoms with Crippen LogP contribution < -0.4 is 5.32 Å². The van der Waals surface area contributed by atoms with Crippen molar-refractivity contribution in [3.8, 4) is 0 Å². The number of rotatable bonds is 4. The Balaban J connectivity index is 1.78. The van der Waals surface area contributed by atoms with Gasteiger partial charge in [0.05, 0.1) is 0 Å². The Bertz CT molecular complexity index is 373. The average Bonchev–Trinajstić information content (AvgIpc) is 2.92. The molecule has 0 aromatic carbocycles. The topological polar surface area (TPSA) is 73.9 Å². The summed E-state index contributed by atoms with van der Waals surface area (Å²) in [5.74, 6) is -0.932. The second kappa shape index (κ2) is 6.45. The number of carbonyl (C=O) groups excluding carboxylic acids is 2. The molecule has 6 heteroatoms. The van der Waals surface area contributed by atoms with Crippen molar-refractivity contribution in [3.63, 3.8) is 0 Å². The largest absolute Gasteiger partial charge is 0.493 e. The fourth-order valence-electron chi connectivity index (χ4n) is 2.14. The third kappa shape index (κ3) is 3.87. The maximum Gasteiger partial charge on any atom is 0.377 e. The number of nitrogens with one attached hydrogen (secondary N) is 1. The van der Waals surface area contributed by atoms with Crippen molar-refractivity contribution in [2.45, 2.75) is 44.8 Å². The van der Waals surface area contributed by atoms with E-state index in [1.165, 1.54) is 6.26 Å². The molecule has 1 N–H and O–H groups in total. The van der Waals surface area contributed by atoms with Crippen LogP contribution in [0.1, 0.15) is 32.6 Å². The van der Waals surface area contributed by atoms with Crippen LogP contribution in [0.25, 0.3) is 0 Å². The molecule has 1 aliphatic carbocycles. The Kier molecular flexibility index (Phi) is 4.65. The van der Waals surface area contributed by atoms with Crippen molar-refractivity contribution in [3.05, 3.63) is 12.0 Å². The van der Waals surface area contributed by atoms with E-state index < -0.39 is 12.1 Å². The molecule has 1 atom stereocenters. The number of esters is 1. The summed E-state index contributed by atoms with van der Waals surface area (Å²) >= 11 is 0. The van der Waals surface area contributed by atoms with Gasteiger partial charge in [-0.1, -0.05) is 12.8 Å². The monoisotopic (exact) mass is 269 g/mol. The van der Waals surface area contributed by atoms with Gasteiger partial charge in [0.25, 0.3) is 5.91 Å². The number of carbonyl (C=O) groups is 2. The Morgan fingerprint density at radius 2 is 2.11 bits per heavy atom. The first-order valence-corrected chi connectivity index (χ1v) is 6.63. The highest BCUT2D eigenvalue weighted by molar-refractivity contribution is 5.89. The Morgan fingerprint density at radius 3 is 2.74 bits per heavy atom. The molecule has 1 aliphatic heterocycles. The molecular weight excluding hydrogens is 250 g/mol. The number of ether oxygens (including phenoxy) is 3. The van der Waals surface area contributed by atoms with E-state index in [4.69, 9.17) is 14.2 Å². The molecule has 0 bridgehead atoms. The molecule has 0 spiro atoms. The van der Waals surface area contributed by atoms with Crippen LogP contribution in [-0.4, -0.2) is 37.2 Å². The maximum atomic E-state index is 11.8. The van der Waals surface area contributed by atoms with Crippen molar-refractivity contribution in [2.75, 3.05) is 13.2 Å². The van der Waals surface area contributed by atoms with Crippen LogP contribution >= 0.6 is 0 Å². The lowest BCUT2D eigenvalue weighted by Gasteiger charge is -2.19. The molecule has 106 valence electrons. The second-order valence-corrected chi connectivity index (χ2v) is 4.74. The molecule has 0 aromatic heterocycles. The van der Waals surface area contributed by atoms with Crippen LogP contribution in [0.5, 0.6) is 0 Å². The standard InChI is InChI=1S/C13H19NO5/c1-9(12(15)14-10-4-2-3-5-10)19-13(16)11-8-17-6-7-18-11/h8-10H,2-7H2,1H3,(H,14,15). The Labute approximate surface area is 112 Å². The first-order chi connectivity index (χ1) is 9.16. The molecule has 0 radical (unpaired) electrons. The Hall–Kier alpha value is -1.72. The smallest absolute Gasteiger partial charge is 0.377 e. The minimum absolute atomic E-state index is 0.00627. The lowest BCUT2D eigenvalue weighted by Crippen LogP contribution is -2.41. The molecule has 2 rings (SSSR count). The molecule has 19 heavy (non-hydrogen) atoms. The van der Waals surface area contributed by atoms with Gasteiger partial charge in [0.15, 0.2) is 6.10 Å². The van der Waals surface area contributed by atoms with Crippen molar-refractivity contribution < 1.29 is 23.8 Å². The number of hydrogen-bond acceptors (Lipinski definition) is 5. The Morgan fingerprint density at radius 1 is 1.37 bits per heavy atom. The molecule has 1 unspecified atom stereocenters. The summed E-state index contributed by atoms with van der Waals surface area (Å²) in [5.41, 5.74) is 0. The molecule has 2 aliphatic rings. The van der Waals surface area contributed by atoms with Gasteiger partial charge in [-0.05, 0) is 19.8 Å². The SMILES string of the molecule is CC(OC(=O)C1=COCCO1)C(=O)NC1CCCC1. The average molecular weight is 269 g/mol. The maximum absolute atomic E-state index is 11.8. The summed E-state index contributed by atoms with van der Waals surface area (Å²) in [6.45, 7) is 2.27. The van der Waals surface area contributed by atoms with E-state index in [0.29, 0.717) is 13.2 Å². The van der Waals surface area contributed by atoms with Gasteiger partial charge in [-0.3, -0.25) is 4.79 Å². The van der Waals surface area contributed by atoms with Gasteiger partial charge >= 0.3 is 5.97 Å². The molecule has 1 saturated carbocycles. The van der Waals surface area contributed by atoms with Gasteiger partial charge in [0, 0.05) is 6.04 Å². The van der Waals surface area contributed by atoms with Crippen LogP contribution in [-0.2, 0) is 23.8 Å². The first kappa shape index (κ1) is 13.7. The second-order valence-electron chi connectivity index (χ2n) is 4.74. The van der Waals surface area contributed by atoms with Crippen LogP contribution in [0.3, 0.4) is 0 Å². The lowest BCUT2D eigenvalue weighted by atomic mass is 10.2. The predicted octanol–water partition coefficient (Wildman–Crippen LogP) is 0.865. The number of amides is 1. The van der Waals surface area contributed by atoms with Crippen LogP contribution in [0, 0.1) is 0 Å². The summed E-state index contributed by atoms with van der Waals surface area (Å²) < 4.78 is 15.1. The zero-order chi connectivity index (χ0) is 13.7. The molecule has 0 saturated heterocycles. The number of hydrogen-bond donors (Lipinski definition) is 1. The quantitative estimate of drug-likeness (QED) is 0.766. The van der Waals surface area contributed by atoms with Gasteiger partial charge in [0.1, 0.15) is 19.5 Å². The zero-order valence-corrected chi connectivity index (χ0v) is 11.0. The molecule has 0 aromatic rings. The van der Waals surface area contributed by atoms with Gasteiger partial charge in [-0.15, -0.1) is 0 Å². The van der Waals surface area contributed by atoms with E-state index >= 15 is 0 Å². The summed E-state index contributed by atoms with van der Waals surface area (Å²) in [6.07, 6.45) is 4.64. The highest BCUT2D eigenvalue weighted by Crippen LogP contribution is 2.18. The highest BCUT2D eigenvalue weighted by Gasteiger charge is 2.25. The van der Waals surface area contributed by atoms with E-state index in [9.17, 15) is 9.59 Å². The molecule has 1 amide bonds. The molecule has 1 fully saturated rings. The van der Waals surface area contributed by atoms with Gasteiger partial charge in [0.2, 0.25) is 5.76 Å². The van der Waals surface area contributed by atoms with Crippen LogP contribution in [0.2, 0.25) is 0 Å². The van der Waals surface area contributed by atoms with E-state index in [0.717, 1.165) is 25.7 Å². The molecule has 1 heterocycles. The summed E-state index contributed by atoms with van der Waals surface area (Å²) in [6, 6.07) is 0.210. The van der Waals surface area contributed by atoms with E-state index in [-0.39, 0.29) is 17.7 Å². The lowest BCUT2D eigenvalue weighted by molar-refractivity contribution is -0.155. The minimum atomic E-state index is -0.834. The first-order valence-electron chi connectivity index (χ1n) is 6.63. The van der Waals surface area contributed by atoms with Crippen molar-refractivity contribution >= 4 is 11.9 Å². The van der Waals surface area contributed by atoms with E-state index in [1.807, 2.05) is 0 Å². The van der Waals surface area contributed by atoms with Crippen molar-refractivity contribution in [1.82, 2.24) is 5.32 Å². The van der Waals surface area contributed by atoms with Crippen molar-refractivity contribution in [1.29, 1.82) is 0 Å². The van der Waals surface area contributed by atoms with Crippen molar-refractivity contribution in [2.24, 2.45) is 0 Å². The fourth-order valence-corrected chi connectivity index (χ4v) is 2.14. The van der Waals surface area contributed by atoms with Gasteiger partial charge in [-0.2, -0.15) is 0 Å². The third-order valence-corrected chi connectivity index (χ3v) is 3.20. The van der Waals surface area contributed by atoms with Gasteiger partial charge < -0.3 is 19.5 Å².